The Morgan fingerprint density at radius 3 is 3.00 bits per heavy atom. The molecule has 108 valence electrons. The van der Waals surface area contributed by atoms with Crippen molar-refractivity contribution in [2.75, 3.05) is 19.4 Å². The van der Waals surface area contributed by atoms with Crippen LogP contribution in [0.15, 0.2) is 18.3 Å². The molecule has 2 N–H and O–H groups in total. The summed E-state index contributed by atoms with van der Waals surface area (Å²) in [5.74, 6) is 5.24. The summed E-state index contributed by atoms with van der Waals surface area (Å²) in [4.78, 5) is 16.1. The van der Waals surface area contributed by atoms with Gasteiger partial charge in [0, 0.05) is 41.5 Å². The maximum absolute atomic E-state index is 12.0. The van der Waals surface area contributed by atoms with Gasteiger partial charge in [-0.2, -0.15) is 0 Å². The van der Waals surface area contributed by atoms with E-state index in [0.717, 1.165) is 0 Å². The van der Waals surface area contributed by atoms with Gasteiger partial charge in [-0.05, 0) is 19.1 Å². The van der Waals surface area contributed by atoms with Crippen LogP contribution in [-0.4, -0.2) is 44.9 Å². The number of rotatable bonds is 5. The molecule has 0 aromatic carbocycles. The van der Waals surface area contributed by atoms with Crippen molar-refractivity contribution in [1.29, 1.82) is 0 Å². The van der Waals surface area contributed by atoms with Gasteiger partial charge in [0.25, 0.3) is 5.91 Å². The third-order valence-corrected chi connectivity index (χ3v) is 3.90. The molecule has 0 saturated carbocycles. The molecule has 1 aromatic heterocycles. The monoisotopic (exact) mass is 294 g/mol. The van der Waals surface area contributed by atoms with Gasteiger partial charge in [0.1, 0.15) is 5.69 Å². The first-order chi connectivity index (χ1) is 9.56. The Bertz CT molecular complexity index is 549. The molecule has 0 aliphatic carbocycles. The first-order valence-corrected chi connectivity index (χ1v) is 7.83. The lowest BCUT2D eigenvalue weighted by molar-refractivity contribution is 0.0949. The van der Waals surface area contributed by atoms with E-state index in [4.69, 9.17) is 5.11 Å². The average molecular weight is 294 g/mol. The minimum atomic E-state index is -0.985. The Morgan fingerprint density at radius 1 is 1.60 bits per heavy atom. The van der Waals surface area contributed by atoms with Gasteiger partial charge < -0.3 is 10.4 Å². The number of aliphatic hydroxyl groups is 1. The van der Waals surface area contributed by atoms with Crippen LogP contribution in [0.1, 0.15) is 29.4 Å². The third kappa shape index (κ3) is 5.11. The summed E-state index contributed by atoms with van der Waals surface area (Å²) in [6, 6.07) is 3.40. The molecule has 0 spiro atoms. The van der Waals surface area contributed by atoms with Crippen LogP contribution < -0.4 is 5.32 Å². The summed E-state index contributed by atoms with van der Waals surface area (Å²) in [6.45, 7) is 2.10. The number of nitrogens with one attached hydrogen (secondary N) is 1. The van der Waals surface area contributed by atoms with Crippen LogP contribution >= 0.6 is 0 Å². The minimum Gasteiger partial charge on any atom is -0.395 e. The summed E-state index contributed by atoms with van der Waals surface area (Å²) in [7, 11) is -0.985. The number of aliphatic hydroxyl groups excluding tert-OH is 1. The number of hydrogen-bond donors (Lipinski definition) is 2. The smallest absolute Gasteiger partial charge is 0.271 e. The number of amides is 1. The van der Waals surface area contributed by atoms with Crippen molar-refractivity contribution in [2.45, 2.75) is 18.6 Å². The van der Waals surface area contributed by atoms with E-state index in [-0.39, 0.29) is 23.5 Å². The zero-order valence-corrected chi connectivity index (χ0v) is 12.4. The molecular weight excluding hydrogens is 276 g/mol. The molecule has 5 nitrogen and oxygen atoms in total. The van der Waals surface area contributed by atoms with Crippen LogP contribution in [-0.2, 0) is 10.8 Å². The third-order valence-electron chi connectivity index (χ3n) is 2.60. The van der Waals surface area contributed by atoms with Gasteiger partial charge in [-0.3, -0.25) is 9.00 Å². The molecule has 0 fully saturated rings. The Morgan fingerprint density at radius 2 is 2.35 bits per heavy atom. The van der Waals surface area contributed by atoms with Crippen molar-refractivity contribution in [1.82, 2.24) is 10.3 Å². The van der Waals surface area contributed by atoms with E-state index >= 15 is 0 Å². The van der Waals surface area contributed by atoms with E-state index < -0.39 is 10.8 Å². The zero-order chi connectivity index (χ0) is 15.0. The number of carbonyl (C=O) groups is 1. The summed E-state index contributed by atoms with van der Waals surface area (Å²) in [6.07, 6.45) is 3.47. The van der Waals surface area contributed by atoms with E-state index in [9.17, 15) is 9.00 Å². The standard InChI is InChI=1S/C14H18N2O3S/c1-11(20(2)19)10-16-14(18)13-12(6-3-4-9-17)7-5-8-15-13/h5,7-8,11,17H,4,9-10H2,1-2H3,(H,16,18). The molecule has 2 atom stereocenters. The highest BCUT2D eigenvalue weighted by Gasteiger charge is 2.13. The number of carbonyl (C=O) groups excluding carboxylic acids is 1. The van der Waals surface area contributed by atoms with Gasteiger partial charge in [-0.25, -0.2) is 4.98 Å². The van der Waals surface area contributed by atoms with Gasteiger partial charge in [0.05, 0.1) is 12.2 Å². The summed E-state index contributed by atoms with van der Waals surface area (Å²) >= 11 is 0. The summed E-state index contributed by atoms with van der Waals surface area (Å²) in [5, 5.41) is 11.3. The van der Waals surface area contributed by atoms with E-state index in [1.54, 1.807) is 25.3 Å². The van der Waals surface area contributed by atoms with Crippen LogP contribution in [0.25, 0.3) is 0 Å². The van der Waals surface area contributed by atoms with Crippen molar-refractivity contribution in [2.24, 2.45) is 0 Å². The quantitative estimate of drug-likeness (QED) is 0.766. The fraction of sp³-hybridized carbons (Fsp3) is 0.429. The van der Waals surface area contributed by atoms with Crippen molar-refractivity contribution in [3.63, 3.8) is 0 Å². The molecule has 0 bridgehead atoms. The molecule has 1 heterocycles. The summed E-state index contributed by atoms with van der Waals surface area (Å²) < 4.78 is 11.2. The van der Waals surface area contributed by atoms with Crippen molar-refractivity contribution in [3.8, 4) is 11.8 Å². The predicted octanol–water partition coefficient (Wildman–Crippen LogP) is 0.312. The molecular formula is C14H18N2O3S. The molecule has 1 amide bonds. The molecule has 0 radical (unpaired) electrons. The van der Waals surface area contributed by atoms with Crippen LogP contribution in [0, 0.1) is 11.8 Å². The Balaban J connectivity index is 2.78. The average Bonchev–Trinajstić information content (AvgIpc) is 2.45. The topological polar surface area (TPSA) is 79.3 Å². The van der Waals surface area contributed by atoms with Gasteiger partial charge in [-0.15, -0.1) is 0 Å². The first-order valence-electron chi connectivity index (χ1n) is 6.21. The highest BCUT2D eigenvalue weighted by atomic mass is 32.2. The van der Waals surface area contributed by atoms with E-state index in [1.165, 1.54) is 6.20 Å². The summed E-state index contributed by atoms with van der Waals surface area (Å²) in [5.41, 5.74) is 0.760. The van der Waals surface area contributed by atoms with Gasteiger partial charge in [0.15, 0.2) is 0 Å². The lowest BCUT2D eigenvalue weighted by Gasteiger charge is -2.10. The molecule has 20 heavy (non-hydrogen) atoms. The fourth-order valence-corrected chi connectivity index (χ4v) is 1.66. The molecule has 1 aromatic rings. The fourth-order valence-electron chi connectivity index (χ4n) is 1.34. The number of nitrogens with zero attached hydrogens (tertiary/aromatic N) is 1. The van der Waals surface area contributed by atoms with Crippen molar-refractivity contribution < 1.29 is 14.1 Å². The molecule has 0 aliphatic heterocycles. The molecule has 2 unspecified atom stereocenters. The largest absolute Gasteiger partial charge is 0.395 e. The normalized spacial score (nSPS) is 12.9. The van der Waals surface area contributed by atoms with Crippen LogP contribution in [0.5, 0.6) is 0 Å². The van der Waals surface area contributed by atoms with Crippen LogP contribution in [0.4, 0.5) is 0 Å². The van der Waals surface area contributed by atoms with Crippen LogP contribution in [0.3, 0.4) is 0 Å². The SMILES string of the molecule is CC(CNC(=O)c1ncccc1C#CCCO)S(C)=O. The van der Waals surface area contributed by atoms with E-state index in [2.05, 4.69) is 22.1 Å². The molecule has 0 aliphatic rings. The van der Waals surface area contributed by atoms with E-state index in [0.29, 0.717) is 18.5 Å². The number of hydrogen-bond acceptors (Lipinski definition) is 4. The maximum Gasteiger partial charge on any atom is 0.271 e. The van der Waals surface area contributed by atoms with Gasteiger partial charge in [0.2, 0.25) is 0 Å². The van der Waals surface area contributed by atoms with Gasteiger partial charge in [-0.1, -0.05) is 11.8 Å². The predicted molar refractivity (Wildman–Crippen MR) is 78.7 cm³/mol. The zero-order valence-electron chi connectivity index (χ0n) is 11.5. The Hall–Kier alpha value is -1.71. The minimum absolute atomic E-state index is 0.0192. The van der Waals surface area contributed by atoms with Crippen molar-refractivity contribution >= 4 is 16.7 Å². The molecule has 1 rings (SSSR count). The van der Waals surface area contributed by atoms with Crippen LogP contribution in [0.2, 0.25) is 0 Å². The van der Waals surface area contributed by atoms with Crippen molar-refractivity contribution in [3.05, 3.63) is 29.6 Å². The lowest BCUT2D eigenvalue weighted by Crippen LogP contribution is -2.33. The second kappa shape index (κ2) is 8.46. The maximum atomic E-state index is 12.0. The second-order valence-electron chi connectivity index (χ2n) is 4.19. The molecule has 0 saturated heterocycles. The Kier molecular flexibility index (Phi) is 6.91. The highest BCUT2D eigenvalue weighted by molar-refractivity contribution is 7.84. The Labute approximate surface area is 121 Å². The second-order valence-corrected chi connectivity index (χ2v) is 6.00. The van der Waals surface area contributed by atoms with Gasteiger partial charge >= 0.3 is 0 Å². The molecule has 6 heteroatoms. The van der Waals surface area contributed by atoms with E-state index in [1.807, 2.05) is 0 Å². The highest BCUT2D eigenvalue weighted by Crippen LogP contribution is 2.04. The number of aromatic nitrogens is 1. The first kappa shape index (κ1) is 16.3. The lowest BCUT2D eigenvalue weighted by atomic mass is 10.2. The number of pyridine rings is 1.